The van der Waals surface area contributed by atoms with Crippen molar-refractivity contribution in [3.63, 3.8) is 0 Å². The fourth-order valence-corrected chi connectivity index (χ4v) is 8.06. The van der Waals surface area contributed by atoms with E-state index in [2.05, 4.69) is 171 Å². The minimum absolute atomic E-state index is 1.23. The molecule has 9 aromatic rings. The minimum Gasteiger partial charge on any atom is -0.0622 e. The van der Waals surface area contributed by atoms with Crippen LogP contribution >= 0.6 is 0 Å². The smallest absolute Gasteiger partial charge is 0.00237 e. The second-order valence-electron chi connectivity index (χ2n) is 12.9. The van der Waals surface area contributed by atoms with Gasteiger partial charge in [0.2, 0.25) is 0 Å². The Morgan fingerprint density at radius 3 is 1.43 bits per heavy atom. The van der Waals surface area contributed by atoms with Crippen LogP contribution in [-0.2, 0) is 0 Å². The first-order valence-electron chi connectivity index (χ1n) is 16.4. The van der Waals surface area contributed by atoms with Gasteiger partial charge in [0.25, 0.3) is 0 Å². The molecule has 0 aliphatic heterocycles. The molecule has 0 heteroatoms. The molecule has 0 saturated heterocycles. The van der Waals surface area contributed by atoms with Gasteiger partial charge in [-0.15, -0.1) is 0 Å². The molecule has 218 valence electrons. The average Bonchev–Trinajstić information content (AvgIpc) is 3.45. The summed E-state index contributed by atoms with van der Waals surface area (Å²) in [5.41, 5.74) is 14.2. The van der Waals surface area contributed by atoms with Crippen LogP contribution in [0.15, 0.2) is 164 Å². The topological polar surface area (TPSA) is 0 Å². The number of hydrogen-bond acceptors (Lipinski definition) is 0. The van der Waals surface area contributed by atoms with Crippen molar-refractivity contribution in [1.82, 2.24) is 0 Å². The highest BCUT2D eigenvalue weighted by atomic mass is 14.3. The SMILES string of the molecule is Cc1ccc2c3c(cccc13)-c1cc3c(cc1-2)c(-c1ccccc1)cc1c2ccc(-c4ccccc4)cc2c(-c2ccccc2)cc31. The highest BCUT2D eigenvalue weighted by molar-refractivity contribution is 6.27. The predicted octanol–water partition coefficient (Wildman–Crippen LogP) is 13.3. The van der Waals surface area contributed by atoms with Gasteiger partial charge in [-0.2, -0.15) is 0 Å². The molecule has 0 amide bonds. The molecule has 0 heterocycles. The van der Waals surface area contributed by atoms with Gasteiger partial charge in [-0.05, 0) is 142 Å². The van der Waals surface area contributed by atoms with Crippen molar-refractivity contribution in [3.05, 3.63) is 169 Å². The summed E-state index contributed by atoms with van der Waals surface area (Å²) in [4.78, 5) is 0. The standard InChI is InChI=1S/C47H30/c1-29-20-22-37-43-27-44-39(32-16-9-4-10-17-32)25-41-35-23-21-33(30-12-5-2-6-13-30)24-40(35)38(31-14-7-3-8-15-31)26-45(41)46(44)28-42(43)36-19-11-18-34(29)47(36)37/h2-28H,1H3. The summed E-state index contributed by atoms with van der Waals surface area (Å²) in [5.74, 6) is 0. The number of aryl methyl sites for hydroxylation is 1. The van der Waals surface area contributed by atoms with Crippen LogP contribution in [0.4, 0.5) is 0 Å². The molecule has 0 nitrogen and oxygen atoms in total. The number of fused-ring (bicyclic) bond motifs is 8. The summed E-state index contributed by atoms with van der Waals surface area (Å²) in [5, 5.41) is 10.5. The van der Waals surface area contributed by atoms with E-state index in [0.717, 1.165) is 0 Å². The van der Waals surface area contributed by atoms with Gasteiger partial charge in [0, 0.05) is 0 Å². The Kier molecular flexibility index (Phi) is 5.59. The number of rotatable bonds is 3. The molecule has 1 aliphatic carbocycles. The average molecular weight is 595 g/mol. The zero-order valence-corrected chi connectivity index (χ0v) is 26.1. The van der Waals surface area contributed by atoms with E-state index in [1.807, 2.05) is 0 Å². The molecule has 0 fully saturated rings. The summed E-state index contributed by atoms with van der Waals surface area (Å²) >= 11 is 0. The molecule has 0 spiro atoms. The second-order valence-corrected chi connectivity index (χ2v) is 12.9. The molecule has 0 unspecified atom stereocenters. The van der Waals surface area contributed by atoms with Gasteiger partial charge in [0.1, 0.15) is 0 Å². The lowest BCUT2D eigenvalue weighted by atomic mass is 9.85. The molecule has 0 radical (unpaired) electrons. The quantitative estimate of drug-likeness (QED) is 0.179. The highest BCUT2D eigenvalue weighted by Gasteiger charge is 2.24. The summed E-state index contributed by atoms with van der Waals surface area (Å²) in [6, 6.07) is 60.8. The third-order valence-electron chi connectivity index (χ3n) is 10.3. The zero-order chi connectivity index (χ0) is 31.1. The number of hydrogen-bond donors (Lipinski definition) is 0. The van der Waals surface area contributed by atoms with Crippen molar-refractivity contribution < 1.29 is 0 Å². The molecule has 0 atom stereocenters. The molecule has 1 aliphatic rings. The van der Waals surface area contributed by atoms with Gasteiger partial charge in [-0.25, -0.2) is 0 Å². The fourth-order valence-electron chi connectivity index (χ4n) is 8.06. The van der Waals surface area contributed by atoms with Gasteiger partial charge in [0.05, 0.1) is 0 Å². The maximum absolute atomic E-state index is 2.49. The molecular formula is C47H30. The largest absolute Gasteiger partial charge is 0.0622 e. The molecular weight excluding hydrogens is 565 g/mol. The first kappa shape index (κ1) is 26.3. The van der Waals surface area contributed by atoms with E-state index in [1.54, 1.807) is 0 Å². The van der Waals surface area contributed by atoms with E-state index in [1.165, 1.54) is 104 Å². The summed E-state index contributed by atoms with van der Waals surface area (Å²) in [6.07, 6.45) is 0. The van der Waals surface area contributed by atoms with Crippen LogP contribution in [0.1, 0.15) is 5.56 Å². The van der Waals surface area contributed by atoms with Crippen LogP contribution in [0.25, 0.3) is 98.7 Å². The summed E-state index contributed by atoms with van der Waals surface area (Å²) < 4.78 is 0. The van der Waals surface area contributed by atoms with Crippen molar-refractivity contribution in [3.8, 4) is 55.6 Å². The lowest BCUT2D eigenvalue weighted by molar-refractivity contribution is 1.54. The summed E-state index contributed by atoms with van der Waals surface area (Å²) in [7, 11) is 0. The second kappa shape index (κ2) is 10.0. The fraction of sp³-hybridized carbons (Fsp3) is 0.0213. The zero-order valence-electron chi connectivity index (χ0n) is 26.1. The van der Waals surface area contributed by atoms with Crippen molar-refractivity contribution in [2.45, 2.75) is 6.92 Å². The maximum atomic E-state index is 2.49. The normalized spacial score (nSPS) is 11.9. The Bertz CT molecular complexity index is 2700. The first-order valence-corrected chi connectivity index (χ1v) is 16.4. The van der Waals surface area contributed by atoms with Gasteiger partial charge >= 0.3 is 0 Å². The van der Waals surface area contributed by atoms with Crippen LogP contribution in [0, 0.1) is 6.92 Å². The van der Waals surface area contributed by atoms with Crippen molar-refractivity contribution >= 4 is 43.1 Å². The maximum Gasteiger partial charge on any atom is -0.00237 e. The van der Waals surface area contributed by atoms with Gasteiger partial charge in [-0.3, -0.25) is 0 Å². The molecule has 0 N–H and O–H groups in total. The molecule has 9 aromatic carbocycles. The van der Waals surface area contributed by atoms with Crippen LogP contribution in [-0.4, -0.2) is 0 Å². The Labute approximate surface area is 274 Å². The van der Waals surface area contributed by atoms with Crippen molar-refractivity contribution in [1.29, 1.82) is 0 Å². The Balaban J connectivity index is 1.37. The van der Waals surface area contributed by atoms with E-state index in [4.69, 9.17) is 0 Å². The Morgan fingerprint density at radius 1 is 0.255 bits per heavy atom. The predicted molar refractivity (Wildman–Crippen MR) is 202 cm³/mol. The van der Waals surface area contributed by atoms with Gasteiger partial charge < -0.3 is 0 Å². The highest BCUT2D eigenvalue weighted by Crippen LogP contribution is 2.52. The van der Waals surface area contributed by atoms with Crippen LogP contribution in [0.3, 0.4) is 0 Å². The van der Waals surface area contributed by atoms with Gasteiger partial charge in [-0.1, -0.05) is 133 Å². The van der Waals surface area contributed by atoms with Gasteiger partial charge in [0.15, 0.2) is 0 Å². The summed E-state index contributed by atoms with van der Waals surface area (Å²) in [6.45, 7) is 2.23. The lowest BCUT2D eigenvalue weighted by Gasteiger charge is -2.18. The Hall–Kier alpha value is -5.98. The number of benzene rings is 9. The van der Waals surface area contributed by atoms with Crippen LogP contribution in [0.5, 0.6) is 0 Å². The molecule has 10 rings (SSSR count). The molecule has 47 heavy (non-hydrogen) atoms. The lowest BCUT2D eigenvalue weighted by Crippen LogP contribution is -1.91. The van der Waals surface area contributed by atoms with E-state index in [9.17, 15) is 0 Å². The van der Waals surface area contributed by atoms with Crippen LogP contribution < -0.4 is 0 Å². The van der Waals surface area contributed by atoms with Crippen LogP contribution in [0.2, 0.25) is 0 Å². The minimum atomic E-state index is 1.23. The van der Waals surface area contributed by atoms with E-state index in [-0.39, 0.29) is 0 Å². The monoisotopic (exact) mass is 594 g/mol. The third kappa shape index (κ3) is 3.89. The van der Waals surface area contributed by atoms with E-state index < -0.39 is 0 Å². The first-order chi connectivity index (χ1) is 23.2. The van der Waals surface area contributed by atoms with E-state index >= 15 is 0 Å². The van der Waals surface area contributed by atoms with E-state index in [0.29, 0.717) is 0 Å². The molecule has 0 aromatic heterocycles. The molecule has 0 bridgehead atoms. The van der Waals surface area contributed by atoms with Crippen molar-refractivity contribution in [2.24, 2.45) is 0 Å². The van der Waals surface area contributed by atoms with Crippen molar-refractivity contribution in [2.75, 3.05) is 0 Å². The molecule has 0 saturated carbocycles. The Morgan fingerprint density at radius 2 is 0.766 bits per heavy atom. The third-order valence-corrected chi connectivity index (χ3v) is 10.3.